The molecule has 0 radical (unpaired) electrons. The first-order valence-electron chi connectivity index (χ1n) is 35.5. The number of hydrogen-bond donors (Lipinski definition) is 28. The first kappa shape index (κ1) is 91.1. The SMILES string of the molecule is CC(=O)N[C@@H]1[C@H](O[C@@H]2[C@@H](O[C@@H]3[C@H](O)[C@H](O[C@H]4[C@H](O)[C@@H](NC(C)=O)[C@@H](O[C@H]5[C@H](O)[C@@H](NC(C)=O)[C@H](O)O[C@@H]5CO[C@H]5O[C@@H](C)[C@@H](O)[C@@H](O)[C@@H]5O)O[C@@H]4CO)O[C@H](CO[C@H]4O[C@H](CO)[C@@H](O)[C@H](O)[C@@H]4O[C@@H]4O[C@H](CO)[C@@H](O[C@@H]5O[C@H](CO)[C@H](O)[C@H](O)[C@H]5O)[C@H](O)[C@H]4NC(C)=O)[C@H]3O)O[C@H](CO)[C@@H](O)[C@@H]2O)O[C@H](CO)[C@@H](O)[C@@H]1O. The minimum atomic E-state index is -2.55. The molecule has 0 bridgehead atoms. The minimum absolute atomic E-state index is 0.827. The Morgan fingerprint density at radius 1 is 0.252 bits per heavy atom. The second-order valence-electron chi connectivity index (χ2n) is 28.2. The summed E-state index contributed by atoms with van der Waals surface area (Å²) in [7, 11) is 0. The van der Waals surface area contributed by atoms with Crippen molar-refractivity contribution >= 4 is 23.6 Å². The second kappa shape index (κ2) is 39.7. The molecule has 0 spiro atoms. The summed E-state index contributed by atoms with van der Waals surface area (Å²) in [4.78, 5) is 50.9. The molecule has 0 aromatic carbocycles. The van der Waals surface area contributed by atoms with E-state index in [0.29, 0.717) is 0 Å². The number of nitrogens with one attached hydrogen (secondary N) is 4. The quantitative estimate of drug-likeness (QED) is 0.0346. The zero-order valence-electron chi connectivity index (χ0n) is 59.9. The molecule has 9 aliphatic heterocycles. The number of carbonyl (C=O) groups is 4. The maximum atomic E-state index is 13.2. The Hall–Kier alpha value is -3.76. The molecule has 0 unspecified atom stereocenters. The average molecular weight is 1630 g/mol. The van der Waals surface area contributed by atoms with Gasteiger partial charge in [0.15, 0.2) is 56.6 Å². The van der Waals surface area contributed by atoms with Gasteiger partial charge in [0.1, 0.15) is 213 Å². The standard InChI is InChI=1S/C62H104N4O45/c1-14-31(77)41(87)45(91)58(97-14)95-13-26-50(38(84)27(54(94)98-26)63-15(2)73)106-56-29(65-17(4)75)39(85)49(24(11-72)103-56)108-60-47(93)51(109-62-53(44(90)35(81)22(9-70)102-62)111-55-28(64-16(3)74)37(83)32(78)19(6-67)99-55)36(82)25(105-60)12-96-61-52(43(89)34(80)21(8-69)101-61)110-57-30(66-18(5)76)40(86)48(23(10-71)104-57)107-59-46(92)42(88)33(79)20(7-68)100-59/h14,19-62,67-72,77-94H,6-13H2,1-5H3,(H,63,73)(H,64,74)(H,65,75)(H,66,76)/t14-,19+,20+,21+,22+,23+,24+,25+,26+,27+,28-,29+,30+,31+,32+,33-,34+,35+,36+,37+,38+,39+,40+,41+,42-,43-,44-,45-,46+,47-,48+,49+,50+,51-,52-,53-,54+,55-,56+,57-,58-,59-,60-,61-,62+/m0/s1. The molecule has 28 N–H and O–H groups in total. The number of rotatable bonds is 28. The van der Waals surface area contributed by atoms with Crippen molar-refractivity contribution in [2.45, 2.75) is 311 Å². The first-order chi connectivity index (χ1) is 52.4. The molecule has 9 rings (SSSR count). The van der Waals surface area contributed by atoms with E-state index in [1.807, 2.05) is 0 Å². The van der Waals surface area contributed by atoms with E-state index < -0.39 is 353 Å². The molecule has 9 heterocycles. The van der Waals surface area contributed by atoms with E-state index in [2.05, 4.69) is 21.3 Å². The molecule has 642 valence electrons. The highest BCUT2D eigenvalue weighted by molar-refractivity contribution is 5.74. The van der Waals surface area contributed by atoms with Crippen molar-refractivity contribution in [1.82, 2.24) is 21.3 Å². The third-order valence-electron chi connectivity index (χ3n) is 20.3. The summed E-state index contributed by atoms with van der Waals surface area (Å²) in [5, 5.41) is 276. The molecule has 45 atom stereocenters. The van der Waals surface area contributed by atoms with Crippen LogP contribution in [0, 0.1) is 0 Å². The van der Waals surface area contributed by atoms with Gasteiger partial charge in [-0.1, -0.05) is 0 Å². The fraction of sp³-hybridized carbons (Fsp3) is 0.935. The maximum absolute atomic E-state index is 13.2. The van der Waals surface area contributed by atoms with Gasteiger partial charge < -0.3 is 224 Å². The van der Waals surface area contributed by atoms with Crippen molar-refractivity contribution in [2.24, 2.45) is 0 Å². The zero-order chi connectivity index (χ0) is 81.8. The summed E-state index contributed by atoms with van der Waals surface area (Å²) in [6.07, 6.45) is -83.2. The lowest BCUT2D eigenvalue weighted by atomic mass is 9.93. The number of aliphatic hydroxyl groups excluding tert-OH is 24. The monoisotopic (exact) mass is 1620 g/mol. The van der Waals surface area contributed by atoms with Crippen LogP contribution in [-0.4, -0.2) is 475 Å². The van der Waals surface area contributed by atoms with Crippen molar-refractivity contribution in [3.05, 3.63) is 0 Å². The lowest BCUT2D eigenvalue weighted by Crippen LogP contribution is -2.71. The van der Waals surface area contributed by atoms with E-state index in [-0.39, 0.29) is 0 Å². The molecule has 49 heteroatoms. The highest BCUT2D eigenvalue weighted by atomic mass is 16.8. The molecular weight excluding hydrogens is 1520 g/mol. The molecule has 9 saturated heterocycles. The van der Waals surface area contributed by atoms with Gasteiger partial charge in [0.25, 0.3) is 0 Å². The predicted octanol–water partition coefficient (Wildman–Crippen LogP) is -19.0. The van der Waals surface area contributed by atoms with E-state index in [9.17, 15) is 142 Å². The van der Waals surface area contributed by atoms with Crippen LogP contribution >= 0.6 is 0 Å². The van der Waals surface area contributed by atoms with Crippen LogP contribution in [0.25, 0.3) is 0 Å². The van der Waals surface area contributed by atoms with Crippen LogP contribution in [0.4, 0.5) is 0 Å². The van der Waals surface area contributed by atoms with Gasteiger partial charge in [-0.25, -0.2) is 0 Å². The van der Waals surface area contributed by atoms with Crippen LogP contribution in [-0.2, 0) is 99.7 Å². The van der Waals surface area contributed by atoms with Crippen LogP contribution in [0.2, 0.25) is 0 Å². The lowest BCUT2D eigenvalue weighted by Gasteiger charge is -2.51. The first-order valence-corrected chi connectivity index (χ1v) is 35.5. The average Bonchev–Trinajstić information content (AvgIpc) is 0.768. The Bertz CT molecular complexity index is 2950. The summed E-state index contributed by atoms with van der Waals surface area (Å²) in [5.74, 6) is -3.59. The molecule has 4 amide bonds. The summed E-state index contributed by atoms with van der Waals surface area (Å²) in [6.45, 7) is -3.36. The third-order valence-corrected chi connectivity index (χ3v) is 20.3. The Morgan fingerprint density at radius 3 is 1.03 bits per heavy atom. The molecule has 111 heavy (non-hydrogen) atoms. The highest BCUT2D eigenvalue weighted by Gasteiger charge is 2.61. The molecule has 9 aliphatic rings. The lowest BCUT2D eigenvalue weighted by molar-refractivity contribution is -0.396. The van der Waals surface area contributed by atoms with Crippen molar-refractivity contribution in [3.63, 3.8) is 0 Å². The van der Waals surface area contributed by atoms with Crippen LogP contribution in [0.5, 0.6) is 0 Å². The van der Waals surface area contributed by atoms with Gasteiger partial charge in [-0.05, 0) is 6.92 Å². The fourth-order valence-electron chi connectivity index (χ4n) is 14.3. The maximum Gasteiger partial charge on any atom is 0.217 e. The van der Waals surface area contributed by atoms with Crippen LogP contribution < -0.4 is 21.3 Å². The molecule has 9 fully saturated rings. The van der Waals surface area contributed by atoms with Gasteiger partial charge in [0, 0.05) is 27.7 Å². The number of hydrogen-bond acceptors (Lipinski definition) is 45. The van der Waals surface area contributed by atoms with Crippen molar-refractivity contribution in [1.29, 1.82) is 0 Å². The van der Waals surface area contributed by atoms with Crippen LogP contribution in [0.15, 0.2) is 0 Å². The molecule has 0 aromatic heterocycles. The minimum Gasteiger partial charge on any atom is -0.394 e. The Labute approximate surface area is 629 Å². The van der Waals surface area contributed by atoms with Crippen LogP contribution in [0.1, 0.15) is 34.6 Å². The largest absolute Gasteiger partial charge is 0.394 e. The van der Waals surface area contributed by atoms with E-state index >= 15 is 0 Å². The summed E-state index contributed by atoms with van der Waals surface area (Å²) in [6, 6.07) is -7.39. The Kier molecular flexibility index (Phi) is 32.6. The van der Waals surface area contributed by atoms with E-state index in [1.54, 1.807) is 0 Å². The summed E-state index contributed by atoms with van der Waals surface area (Å²) < 4.78 is 101. The molecule has 49 nitrogen and oxygen atoms in total. The van der Waals surface area contributed by atoms with E-state index in [1.165, 1.54) is 6.92 Å². The number of aliphatic hydroxyl groups is 24. The van der Waals surface area contributed by atoms with Gasteiger partial charge in [-0.3, -0.25) is 19.2 Å². The number of amides is 4. The van der Waals surface area contributed by atoms with E-state index in [4.69, 9.17) is 80.5 Å². The molecular formula is C62H104N4O45. The smallest absolute Gasteiger partial charge is 0.217 e. The van der Waals surface area contributed by atoms with Gasteiger partial charge in [0.2, 0.25) is 23.6 Å². The van der Waals surface area contributed by atoms with Crippen molar-refractivity contribution in [2.75, 3.05) is 52.9 Å². The topological polar surface area (TPSA) is 759 Å². The predicted molar refractivity (Wildman–Crippen MR) is 342 cm³/mol. The fourth-order valence-corrected chi connectivity index (χ4v) is 14.3. The molecule has 0 aliphatic carbocycles. The third kappa shape index (κ3) is 20.3. The normalized spacial score (nSPS) is 49.3. The summed E-state index contributed by atoms with van der Waals surface area (Å²) in [5.41, 5.74) is 0. The summed E-state index contributed by atoms with van der Waals surface area (Å²) >= 11 is 0. The van der Waals surface area contributed by atoms with Gasteiger partial charge in [-0.15, -0.1) is 0 Å². The molecule has 0 aromatic rings. The van der Waals surface area contributed by atoms with Gasteiger partial charge >= 0.3 is 0 Å². The van der Waals surface area contributed by atoms with E-state index in [0.717, 1.165) is 27.7 Å². The van der Waals surface area contributed by atoms with Gasteiger partial charge in [-0.2, -0.15) is 0 Å². The number of ether oxygens (including phenoxy) is 17. The second-order valence-corrected chi connectivity index (χ2v) is 28.2. The van der Waals surface area contributed by atoms with Gasteiger partial charge in [0.05, 0.1) is 59.0 Å². The highest BCUT2D eigenvalue weighted by Crippen LogP contribution is 2.40. The number of carbonyl (C=O) groups excluding carboxylic acids is 4. The van der Waals surface area contributed by atoms with Crippen molar-refractivity contribution in [3.8, 4) is 0 Å². The Balaban J connectivity index is 1.05. The zero-order valence-corrected chi connectivity index (χ0v) is 59.9. The molecule has 0 saturated carbocycles. The Morgan fingerprint density at radius 2 is 0.559 bits per heavy atom. The van der Waals surface area contributed by atoms with Crippen LogP contribution in [0.3, 0.4) is 0 Å². The van der Waals surface area contributed by atoms with Crippen molar-refractivity contribution < 1.29 is 222 Å².